The molecule has 4 rings (SSSR count). The number of amides is 1. The maximum absolute atomic E-state index is 14.1. The van der Waals surface area contributed by atoms with Crippen molar-refractivity contribution >= 4 is 16.8 Å². The highest BCUT2D eigenvalue weighted by Gasteiger charge is 2.28. The van der Waals surface area contributed by atoms with Crippen molar-refractivity contribution in [2.45, 2.75) is 32.2 Å². The van der Waals surface area contributed by atoms with Crippen molar-refractivity contribution in [3.8, 4) is 17.2 Å². The van der Waals surface area contributed by atoms with Crippen LogP contribution in [-0.2, 0) is 12.8 Å². The van der Waals surface area contributed by atoms with Gasteiger partial charge in [-0.05, 0) is 61.6 Å². The molecule has 1 atom stereocenters. The van der Waals surface area contributed by atoms with Crippen LogP contribution in [0.1, 0.15) is 40.9 Å². The zero-order chi connectivity index (χ0) is 23.0. The number of carbonyl (C=O) groups excluding carboxylic acids is 1. The molecule has 8 heteroatoms. The molecule has 0 saturated carbocycles. The molecule has 1 aromatic heterocycles. The van der Waals surface area contributed by atoms with Gasteiger partial charge in [0.15, 0.2) is 11.5 Å². The second-order valence-electron chi connectivity index (χ2n) is 7.94. The first-order chi connectivity index (χ1) is 15.3. The molecule has 0 radical (unpaired) electrons. The third-order valence-electron chi connectivity index (χ3n) is 5.97. The zero-order valence-electron chi connectivity index (χ0n) is 18.2. The molecule has 7 nitrogen and oxygen atoms in total. The lowest BCUT2D eigenvalue weighted by molar-refractivity contribution is 0.0949. The van der Waals surface area contributed by atoms with Gasteiger partial charge in [-0.1, -0.05) is 6.07 Å². The lowest BCUT2D eigenvalue weighted by Crippen LogP contribution is -2.36. The van der Waals surface area contributed by atoms with Crippen LogP contribution in [0.3, 0.4) is 0 Å². The zero-order valence-corrected chi connectivity index (χ0v) is 18.2. The molecule has 2 N–H and O–H groups in total. The highest BCUT2D eigenvalue weighted by Crippen LogP contribution is 2.35. The fourth-order valence-electron chi connectivity index (χ4n) is 4.33. The van der Waals surface area contributed by atoms with Crippen LogP contribution < -0.4 is 20.3 Å². The maximum Gasteiger partial charge on any atom is 0.267 e. The lowest BCUT2D eigenvalue weighted by atomic mass is 9.95. The number of pyridine rings is 1. The molecule has 0 spiro atoms. The molecule has 168 valence electrons. The van der Waals surface area contributed by atoms with Gasteiger partial charge in [-0.15, -0.1) is 0 Å². The standard InChI is InChI=1S/C24H25FN2O5/c1-13-4-6-15-11-16(25)12-17-21(15)27(13)24(30)20(22(17)28)23(29)26-9-8-14-5-7-18(31-2)19(10-14)32-3/h5,7,10-13,28H,4,6,8-9H2,1-3H3,(H,26,29). The van der Waals surface area contributed by atoms with Crippen LogP contribution in [0.15, 0.2) is 35.1 Å². The number of carbonyl (C=O) groups is 1. The summed E-state index contributed by atoms with van der Waals surface area (Å²) < 4.78 is 26.1. The number of nitrogens with one attached hydrogen (secondary N) is 1. The van der Waals surface area contributed by atoms with Crippen LogP contribution in [0.2, 0.25) is 0 Å². The number of methoxy groups -OCH3 is 2. The van der Waals surface area contributed by atoms with Crippen LogP contribution in [0.4, 0.5) is 4.39 Å². The first-order valence-corrected chi connectivity index (χ1v) is 10.4. The summed E-state index contributed by atoms with van der Waals surface area (Å²) in [6.45, 7) is 2.11. The Morgan fingerprint density at radius 1 is 1.22 bits per heavy atom. The van der Waals surface area contributed by atoms with Gasteiger partial charge in [-0.3, -0.25) is 9.59 Å². The summed E-state index contributed by atoms with van der Waals surface area (Å²) in [6.07, 6.45) is 1.73. The number of aromatic hydroxyl groups is 1. The minimum atomic E-state index is -0.692. The average molecular weight is 440 g/mol. The SMILES string of the molecule is COc1ccc(CCNC(=O)c2c(O)c3cc(F)cc4c3n(c2=O)C(C)CC4)cc1OC. The largest absolute Gasteiger partial charge is 0.506 e. The number of nitrogens with zero attached hydrogens (tertiary/aromatic N) is 1. The number of halogens is 1. The van der Waals surface area contributed by atoms with Gasteiger partial charge in [0.05, 0.1) is 19.7 Å². The first kappa shape index (κ1) is 21.7. The van der Waals surface area contributed by atoms with E-state index >= 15 is 0 Å². The highest BCUT2D eigenvalue weighted by atomic mass is 19.1. The van der Waals surface area contributed by atoms with Crippen molar-refractivity contribution in [1.29, 1.82) is 0 Å². The molecular formula is C24H25FN2O5. The van der Waals surface area contributed by atoms with Gasteiger partial charge >= 0.3 is 0 Å². The van der Waals surface area contributed by atoms with Gasteiger partial charge in [0.2, 0.25) is 0 Å². The van der Waals surface area contributed by atoms with Crippen LogP contribution >= 0.6 is 0 Å². The Bertz CT molecular complexity index is 1270. The second-order valence-corrected chi connectivity index (χ2v) is 7.94. The Morgan fingerprint density at radius 2 is 1.97 bits per heavy atom. The Labute approximate surface area is 184 Å². The summed E-state index contributed by atoms with van der Waals surface area (Å²) in [7, 11) is 3.09. The predicted molar refractivity (Wildman–Crippen MR) is 118 cm³/mol. The van der Waals surface area contributed by atoms with Gasteiger partial charge in [-0.25, -0.2) is 4.39 Å². The van der Waals surface area contributed by atoms with E-state index in [1.165, 1.54) is 16.7 Å². The Hall–Kier alpha value is -3.55. The smallest absolute Gasteiger partial charge is 0.267 e. The first-order valence-electron chi connectivity index (χ1n) is 10.4. The Balaban J connectivity index is 1.63. The quantitative estimate of drug-likeness (QED) is 0.614. The minimum absolute atomic E-state index is 0.165. The molecule has 32 heavy (non-hydrogen) atoms. The van der Waals surface area contributed by atoms with Gasteiger partial charge in [0.25, 0.3) is 11.5 Å². The third-order valence-corrected chi connectivity index (χ3v) is 5.97. The topological polar surface area (TPSA) is 89.8 Å². The van der Waals surface area contributed by atoms with Crippen molar-refractivity contribution in [1.82, 2.24) is 9.88 Å². The number of ether oxygens (including phenoxy) is 2. The molecule has 0 aliphatic carbocycles. The molecule has 1 aliphatic rings. The maximum atomic E-state index is 14.1. The van der Waals surface area contributed by atoms with Crippen LogP contribution in [0, 0.1) is 5.82 Å². The molecule has 1 amide bonds. The van der Waals surface area contributed by atoms with E-state index in [2.05, 4.69) is 5.32 Å². The van der Waals surface area contributed by atoms with Crippen molar-refractivity contribution in [3.63, 3.8) is 0 Å². The Morgan fingerprint density at radius 3 is 2.69 bits per heavy atom. The molecule has 0 bridgehead atoms. The number of rotatable bonds is 6. The van der Waals surface area contributed by atoms with E-state index in [0.717, 1.165) is 5.56 Å². The van der Waals surface area contributed by atoms with Gasteiger partial charge in [-0.2, -0.15) is 0 Å². The summed E-state index contributed by atoms with van der Waals surface area (Å²) in [4.78, 5) is 26.0. The molecule has 2 heterocycles. The van der Waals surface area contributed by atoms with E-state index in [4.69, 9.17) is 9.47 Å². The van der Waals surface area contributed by atoms with Crippen molar-refractivity contribution in [2.24, 2.45) is 0 Å². The average Bonchev–Trinajstić information content (AvgIpc) is 2.77. The van der Waals surface area contributed by atoms with Crippen molar-refractivity contribution < 1.29 is 23.8 Å². The van der Waals surface area contributed by atoms with E-state index in [1.54, 1.807) is 20.3 Å². The summed E-state index contributed by atoms with van der Waals surface area (Å²) in [5.41, 5.74) is 1.12. The number of hydrogen-bond acceptors (Lipinski definition) is 5. The molecule has 1 unspecified atom stereocenters. The van der Waals surface area contributed by atoms with Gasteiger partial charge in [0.1, 0.15) is 17.1 Å². The Kier molecular flexibility index (Phi) is 5.78. The molecule has 0 saturated heterocycles. The molecule has 2 aromatic carbocycles. The third kappa shape index (κ3) is 3.66. The molecular weight excluding hydrogens is 415 g/mol. The van der Waals surface area contributed by atoms with Gasteiger partial charge in [0, 0.05) is 18.0 Å². The fourth-order valence-corrected chi connectivity index (χ4v) is 4.33. The predicted octanol–water partition coefficient (Wildman–Crippen LogP) is 3.34. The normalized spacial score (nSPS) is 14.9. The molecule has 3 aromatic rings. The van der Waals surface area contributed by atoms with Gasteiger partial charge < -0.3 is 24.5 Å². The van der Waals surface area contributed by atoms with E-state index in [0.29, 0.717) is 41.8 Å². The van der Waals surface area contributed by atoms with E-state index in [9.17, 15) is 19.1 Å². The van der Waals surface area contributed by atoms with E-state index < -0.39 is 23.0 Å². The summed E-state index contributed by atoms with van der Waals surface area (Å²) in [5, 5.41) is 13.6. The summed E-state index contributed by atoms with van der Waals surface area (Å²) in [5.74, 6) is -0.513. The van der Waals surface area contributed by atoms with Crippen LogP contribution in [-0.4, -0.2) is 36.3 Å². The fraction of sp³-hybridized carbons (Fsp3) is 0.333. The number of aryl methyl sites for hydroxylation is 1. The van der Waals surface area contributed by atoms with Crippen molar-refractivity contribution in [2.75, 3.05) is 20.8 Å². The number of aromatic nitrogens is 1. The van der Waals surface area contributed by atoms with Crippen molar-refractivity contribution in [3.05, 3.63) is 63.2 Å². The second kappa shape index (κ2) is 8.53. The number of hydrogen-bond donors (Lipinski definition) is 2. The number of benzene rings is 2. The van der Waals surface area contributed by atoms with Crippen LogP contribution in [0.25, 0.3) is 10.9 Å². The summed E-state index contributed by atoms with van der Waals surface area (Å²) >= 11 is 0. The summed E-state index contributed by atoms with van der Waals surface area (Å²) in [6, 6.07) is 7.82. The minimum Gasteiger partial charge on any atom is -0.506 e. The molecule has 1 aliphatic heterocycles. The molecule has 0 fully saturated rings. The highest BCUT2D eigenvalue weighted by molar-refractivity contribution is 6.03. The monoisotopic (exact) mass is 440 g/mol. The van der Waals surface area contributed by atoms with Crippen LogP contribution in [0.5, 0.6) is 17.2 Å². The van der Waals surface area contributed by atoms with E-state index in [-0.39, 0.29) is 23.5 Å². The lowest BCUT2D eigenvalue weighted by Gasteiger charge is -2.26. The van der Waals surface area contributed by atoms with E-state index in [1.807, 2.05) is 19.1 Å².